The second-order valence-corrected chi connectivity index (χ2v) is 4.62. The molecule has 4 nitrogen and oxygen atoms in total. The molecular formula is C13H22N2O2. The second-order valence-electron chi connectivity index (χ2n) is 4.62. The zero-order chi connectivity index (χ0) is 12.9. The maximum absolute atomic E-state index is 5.93. The maximum atomic E-state index is 5.93. The normalized spacial score (nSPS) is 11.3. The highest BCUT2D eigenvalue weighted by molar-refractivity contribution is 5.69. The van der Waals surface area contributed by atoms with Gasteiger partial charge in [-0.2, -0.15) is 0 Å². The molecule has 0 aliphatic rings. The van der Waals surface area contributed by atoms with Crippen LogP contribution in [-0.2, 0) is 4.74 Å². The largest absolute Gasteiger partial charge is 0.494 e. The van der Waals surface area contributed by atoms with E-state index >= 15 is 0 Å². The number of hydrogen-bond acceptors (Lipinski definition) is 4. The molecule has 0 saturated heterocycles. The van der Waals surface area contributed by atoms with E-state index in [-0.39, 0.29) is 5.54 Å². The molecule has 0 bridgehead atoms. The molecule has 0 fully saturated rings. The van der Waals surface area contributed by atoms with Gasteiger partial charge in [0.1, 0.15) is 5.75 Å². The molecule has 0 aromatic heterocycles. The van der Waals surface area contributed by atoms with Crippen LogP contribution in [0.15, 0.2) is 18.2 Å². The first-order chi connectivity index (χ1) is 7.98. The van der Waals surface area contributed by atoms with Gasteiger partial charge >= 0.3 is 0 Å². The summed E-state index contributed by atoms with van der Waals surface area (Å²) in [6.45, 7) is 7.32. The third-order valence-corrected chi connectivity index (χ3v) is 2.31. The van der Waals surface area contributed by atoms with Crippen molar-refractivity contribution in [2.24, 2.45) is 0 Å². The molecule has 4 heteroatoms. The average Bonchev–Trinajstić information content (AvgIpc) is 2.23. The standard InChI is InChI=1S/C13H22N2O2/c1-5-17-10-6-7-11(14)12(8-10)15-13(2,3)9-16-4/h6-8,15H,5,9,14H2,1-4H3. The van der Waals surface area contributed by atoms with Gasteiger partial charge in [0.15, 0.2) is 0 Å². The monoisotopic (exact) mass is 238 g/mol. The molecule has 0 atom stereocenters. The van der Waals surface area contributed by atoms with Crippen LogP contribution in [-0.4, -0.2) is 25.9 Å². The van der Waals surface area contributed by atoms with Crippen molar-refractivity contribution in [3.8, 4) is 5.75 Å². The van der Waals surface area contributed by atoms with Crippen LogP contribution in [0.25, 0.3) is 0 Å². The Morgan fingerprint density at radius 2 is 2.06 bits per heavy atom. The molecule has 0 heterocycles. The van der Waals surface area contributed by atoms with E-state index < -0.39 is 0 Å². The number of rotatable bonds is 6. The summed E-state index contributed by atoms with van der Waals surface area (Å²) in [6, 6.07) is 5.62. The van der Waals surface area contributed by atoms with Crippen molar-refractivity contribution >= 4 is 11.4 Å². The van der Waals surface area contributed by atoms with Gasteiger partial charge in [-0.3, -0.25) is 0 Å². The van der Waals surface area contributed by atoms with E-state index in [0.717, 1.165) is 11.4 Å². The van der Waals surface area contributed by atoms with Crippen LogP contribution in [0.5, 0.6) is 5.75 Å². The number of methoxy groups -OCH3 is 1. The van der Waals surface area contributed by atoms with Crippen molar-refractivity contribution in [2.75, 3.05) is 31.4 Å². The minimum atomic E-state index is -0.173. The predicted molar refractivity (Wildman–Crippen MR) is 71.6 cm³/mol. The van der Waals surface area contributed by atoms with Gasteiger partial charge in [0.2, 0.25) is 0 Å². The molecule has 0 saturated carbocycles. The molecule has 17 heavy (non-hydrogen) atoms. The Kier molecular flexibility index (Phi) is 4.63. The lowest BCUT2D eigenvalue weighted by Gasteiger charge is -2.27. The fraction of sp³-hybridized carbons (Fsp3) is 0.538. The lowest BCUT2D eigenvalue weighted by molar-refractivity contribution is 0.158. The van der Waals surface area contributed by atoms with Gasteiger partial charge in [0.25, 0.3) is 0 Å². The number of nitrogen functional groups attached to an aromatic ring is 1. The Balaban J connectivity index is 2.85. The number of hydrogen-bond donors (Lipinski definition) is 2. The number of anilines is 2. The van der Waals surface area contributed by atoms with Crippen molar-refractivity contribution in [3.63, 3.8) is 0 Å². The molecule has 0 radical (unpaired) electrons. The van der Waals surface area contributed by atoms with Gasteiger partial charge in [-0.05, 0) is 32.9 Å². The highest BCUT2D eigenvalue weighted by Crippen LogP contribution is 2.27. The third kappa shape index (κ3) is 4.15. The van der Waals surface area contributed by atoms with Gasteiger partial charge in [-0.1, -0.05) is 0 Å². The molecular weight excluding hydrogens is 216 g/mol. The van der Waals surface area contributed by atoms with E-state index in [4.69, 9.17) is 15.2 Å². The Bertz CT molecular complexity index is 364. The first-order valence-corrected chi connectivity index (χ1v) is 5.78. The summed E-state index contributed by atoms with van der Waals surface area (Å²) >= 11 is 0. The van der Waals surface area contributed by atoms with E-state index in [1.54, 1.807) is 7.11 Å². The molecule has 1 aromatic rings. The summed E-state index contributed by atoms with van der Waals surface area (Å²) in [5.74, 6) is 0.817. The number of benzene rings is 1. The lowest BCUT2D eigenvalue weighted by Crippen LogP contribution is -2.36. The quantitative estimate of drug-likeness (QED) is 0.748. The van der Waals surface area contributed by atoms with Gasteiger partial charge < -0.3 is 20.5 Å². The van der Waals surface area contributed by atoms with Crippen LogP contribution in [0.4, 0.5) is 11.4 Å². The van der Waals surface area contributed by atoms with Crippen LogP contribution in [0, 0.1) is 0 Å². The summed E-state index contributed by atoms with van der Waals surface area (Å²) in [4.78, 5) is 0. The summed E-state index contributed by atoms with van der Waals surface area (Å²) in [7, 11) is 1.68. The van der Waals surface area contributed by atoms with Crippen LogP contribution in [0.2, 0.25) is 0 Å². The maximum Gasteiger partial charge on any atom is 0.121 e. The van der Waals surface area contributed by atoms with Gasteiger partial charge in [-0.25, -0.2) is 0 Å². The highest BCUT2D eigenvalue weighted by Gasteiger charge is 2.18. The number of nitrogens with one attached hydrogen (secondary N) is 1. The summed E-state index contributed by atoms with van der Waals surface area (Å²) in [5.41, 5.74) is 7.34. The van der Waals surface area contributed by atoms with E-state index in [2.05, 4.69) is 19.2 Å². The molecule has 0 spiro atoms. The minimum absolute atomic E-state index is 0.173. The van der Waals surface area contributed by atoms with Gasteiger partial charge in [0.05, 0.1) is 30.1 Å². The first-order valence-electron chi connectivity index (χ1n) is 5.78. The van der Waals surface area contributed by atoms with Crippen LogP contribution < -0.4 is 15.8 Å². The van der Waals surface area contributed by atoms with Crippen LogP contribution >= 0.6 is 0 Å². The zero-order valence-electron chi connectivity index (χ0n) is 11.0. The smallest absolute Gasteiger partial charge is 0.121 e. The molecule has 0 amide bonds. The Hall–Kier alpha value is -1.42. The van der Waals surface area contributed by atoms with E-state index in [9.17, 15) is 0 Å². The van der Waals surface area contributed by atoms with E-state index in [1.165, 1.54) is 0 Å². The van der Waals surface area contributed by atoms with Crippen LogP contribution in [0.3, 0.4) is 0 Å². The van der Waals surface area contributed by atoms with Crippen molar-refractivity contribution in [3.05, 3.63) is 18.2 Å². The fourth-order valence-electron chi connectivity index (χ4n) is 1.66. The molecule has 96 valence electrons. The zero-order valence-corrected chi connectivity index (χ0v) is 11.0. The average molecular weight is 238 g/mol. The predicted octanol–water partition coefficient (Wildman–Crippen LogP) is 2.50. The fourth-order valence-corrected chi connectivity index (χ4v) is 1.66. The van der Waals surface area contributed by atoms with Gasteiger partial charge in [-0.15, -0.1) is 0 Å². The lowest BCUT2D eigenvalue weighted by atomic mass is 10.1. The minimum Gasteiger partial charge on any atom is -0.494 e. The SMILES string of the molecule is CCOc1ccc(N)c(NC(C)(C)COC)c1. The summed E-state index contributed by atoms with van der Waals surface area (Å²) < 4.78 is 10.6. The number of nitrogens with two attached hydrogens (primary N) is 1. The molecule has 0 aliphatic carbocycles. The number of ether oxygens (including phenoxy) is 2. The van der Waals surface area contributed by atoms with E-state index in [1.807, 2.05) is 25.1 Å². The van der Waals surface area contributed by atoms with Crippen molar-refractivity contribution < 1.29 is 9.47 Å². The molecule has 1 aromatic carbocycles. The Morgan fingerprint density at radius 3 is 2.65 bits per heavy atom. The summed E-state index contributed by atoms with van der Waals surface area (Å²) in [6.07, 6.45) is 0. The van der Waals surface area contributed by atoms with E-state index in [0.29, 0.717) is 18.9 Å². The second kappa shape index (κ2) is 5.77. The van der Waals surface area contributed by atoms with Crippen molar-refractivity contribution in [1.29, 1.82) is 0 Å². The van der Waals surface area contributed by atoms with Crippen molar-refractivity contribution in [1.82, 2.24) is 0 Å². The molecule has 0 unspecified atom stereocenters. The molecule has 1 rings (SSSR count). The molecule has 3 N–H and O–H groups in total. The Labute approximate surface area is 103 Å². The highest BCUT2D eigenvalue weighted by atomic mass is 16.5. The summed E-state index contributed by atoms with van der Waals surface area (Å²) in [5, 5.41) is 3.36. The topological polar surface area (TPSA) is 56.5 Å². The first kappa shape index (κ1) is 13.6. The van der Waals surface area contributed by atoms with Crippen LogP contribution in [0.1, 0.15) is 20.8 Å². The van der Waals surface area contributed by atoms with Crippen molar-refractivity contribution in [2.45, 2.75) is 26.3 Å². The Morgan fingerprint density at radius 1 is 1.35 bits per heavy atom. The van der Waals surface area contributed by atoms with Gasteiger partial charge in [0, 0.05) is 13.2 Å². The third-order valence-electron chi connectivity index (χ3n) is 2.31. The molecule has 0 aliphatic heterocycles.